The first kappa shape index (κ1) is 23.3. The lowest BCUT2D eigenvalue weighted by molar-refractivity contribution is -0.143. The molecule has 0 radical (unpaired) electrons. The van der Waals surface area contributed by atoms with E-state index in [-0.39, 0.29) is 30.9 Å². The van der Waals surface area contributed by atoms with E-state index < -0.39 is 17.8 Å². The van der Waals surface area contributed by atoms with E-state index >= 15 is 0 Å². The van der Waals surface area contributed by atoms with Gasteiger partial charge in [-0.05, 0) is 61.7 Å². The molecule has 2 aromatic rings. The summed E-state index contributed by atoms with van der Waals surface area (Å²) >= 11 is 0. The maximum absolute atomic E-state index is 13.3. The molecule has 0 aromatic heterocycles. The maximum atomic E-state index is 13.3. The third kappa shape index (κ3) is 6.83. The highest BCUT2D eigenvalue weighted by atomic mass is 19.1. The highest BCUT2D eigenvalue weighted by molar-refractivity contribution is 5.88. The monoisotopic (exact) mass is 418 g/mol. The van der Waals surface area contributed by atoms with Crippen LogP contribution in [0.4, 0.5) is 8.78 Å². The fourth-order valence-corrected chi connectivity index (χ4v) is 2.91. The van der Waals surface area contributed by atoms with Crippen molar-refractivity contribution in [2.24, 2.45) is 0 Å². The number of benzene rings is 2. The van der Waals surface area contributed by atoms with E-state index in [1.807, 2.05) is 20.8 Å². The highest BCUT2D eigenvalue weighted by Gasteiger charge is 2.29. The summed E-state index contributed by atoms with van der Waals surface area (Å²) in [4.78, 5) is 27.2. The van der Waals surface area contributed by atoms with Crippen molar-refractivity contribution in [1.82, 2.24) is 10.2 Å². The maximum Gasteiger partial charge on any atom is 0.261 e. The number of halogens is 2. The summed E-state index contributed by atoms with van der Waals surface area (Å²) < 4.78 is 31.8. The second-order valence-electron chi connectivity index (χ2n) is 7.13. The molecule has 0 aliphatic heterocycles. The van der Waals surface area contributed by atoms with Crippen LogP contribution >= 0.6 is 0 Å². The Hall–Kier alpha value is -2.96. The van der Waals surface area contributed by atoms with Crippen molar-refractivity contribution in [3.05, 3.63) is 65.7 Å². The molecular formula is C23H28F2N2O3. The molecule has 30 heavy (non-hydrogen) atoms. The predicted molar refractivity (Wildman–Crippen MR) is 111 cm³/mol. The van der Waals surface area contributed by atoms with Gasteiger partial charge in [-0.3, -0.25) is 9.59 Å². The molecule has 0 bridgehead atoms. The molecule has 0 saturated carbocycles. The average Bonchev–Trinajstić information content (AvgIpc) is 2.74. The molecular weight excluding hydrogens is 390 g/mol. The van der Waals surface area contributed by atoms with E-state index in [0.29, 0.717) is 17.7 Å². The molecule has 2 atom stereocenters. The van der Waals surface area contributed by atoms with Crippen LogP contribution in [0, 0.1) is 11.6 Å². The van der Waals surface area contributed by atoms with Gasteiger partial charge in [0, 0.05) is 12.6 Å². The van der Waals surface area contributed by atoms with Crippen molar-refractivity contribution >= 4 is 11.8 Å². The van der Waals surface area contributed by atoms with Gasteiger partial charge >= 0.3 is 0 Å². The average molecular weight is 418 g/mol. The van der Waals surface area contributed by atoms with E-state index in [4.69, 9.17) is 4.74 Å². The standard InChI is InChI=1S/C23H28F2N2O3/c1-4-16(3)26-23(29)21(5-2)27(14-17-6-8-18(24)9-7-17)22(28)15-30-20-12-10-19(25)11-13-20/h6-13,16,21H,4-5,14-15H2,1-3H3,(H,26,29)/t16-,21-/m0/s1. The van der Waals surface area contributed by atoms with Gasteiger partial charge in [-0.25, -0.2) is 8.78 Å². The number of rotatable bonds is 10. The van der Waals surface area contributed by atoms with Gasteiger partial charge in [-0.15, -0.1) is 0 Å². The number of carbonyl (C=O) groups excluding carboxylic acids is 2. The summed E-state index contributed by atoms with van der Waals surface area (Å²) in [6.07, 6.45) is 1.17. The van der Waals surface area contributed by atoms with Crippen LogP contribution in [-0.4, -0.2) is 35.4 Å². The molecule has 0 spiro atoms. The minimum Gasteiger partial charge on any atom is -0.484 e. The lowest BCUT2D eigenvalue weighted by Gasteiger charge is -2.31. The normalized spacial score (nSPS) is 12.7. The Labute approximate surface area is 176 Å². The van der Waals surface area contributed by atoms with Gasteiger partial charge in [-0.1, -0.05) is 26.0 Å². The molecule has 2 aromatic carbocycles. The van der Waals surface area contributed by atoms with E-state index in [2.05, 4.69) is 5.32 Å². The van der Waals surface area contributed by atoms with E-state index in [1.54, 1.807) is 12.1 Å². The zero-order valence-electron chi connectivity index (χ0n) is 17.5. The highest BCUT2D eigenvalue weighted by Crippen LogP contribution is 2.16. The fraction of sp³-hybridized carbons (Fsp3) is 0.391. The Morgan fingerprint density at radius 1 is 0.967 bits per heavy atom. The van der Waals surface area contributed by atoms with Gasteiger partial charge in [0.2, 0.25) is 5.91 Å². The number of amides is 2. The van der Waals surface area contributed by atoms with Crippen LogP contribution in [0.25, 0.3) is 0 Å². The Morgan fingerprint density at radius 3 is 2.07 bits per heavy atom. The Kier molecular flexibility index (Phi) is 8.77. The van der Waals surface area contributed by atoms with Gasteiger partial charge in [0.25, 0.3) is 5.91 Å². The molecule has 0 heterocycles. The van der Waals surface area contributed by atoms with Gasteiger partial charge in [0.05, 0.1) is 0 Å². The van der Waals surface area contributed by atoms with Crippen LogP contribution in [0.1, 0.15) is 39.2 Å². The summed E-state index contributed by atoms with van der Waals surface area (Å²) in [5.41, 5.74) is 0.696. The van der Waals surface area contributed by atoms with Gasteiger partial charge < -0.3 is 15.0 Å². The van der Waals surface area contributed by atoms with Crippen molar-refractivity contribution < 1.29 is 23.1 Å². The second kappa shape index (κ2) is 11.3. The topological polar surface area (TPSA) is 58.6 Å². The summed E-state index contributed by atoms with van der Waals surface area (Å²) in [6, 6.07) is 10.4. The molecule has 0 fully saturated rings. The Bertz CT molecular complexity index is 825. The summed E-state index contributed by atoms with van der Waals surface area (Å²) in [6.45, 7) is 5.52. The Morgan fingerprint density at radius 2 is 1.53 bits per heavy atom. The first-order chi connectivity index (χ1) is 14.3. The minimum absolute atomic E-state index is 0.0233. The molecule has 0 aliphatic rings. The SMILES string of the molecule is CC[C@H](C)NC(=O)[C@H](CC)N(Cc1ccc(F)cc1)C(=O)COc1ccc(F)cc1. The van der Waals surface area contributed by atoms with Crippen LogP contribution in [0.5, 0.6) is 5.75 Å². The summed E-state index contributed by atoms with van der Waals surface area (Å²) in [5, 5.41) is 2.92. The lowest BCUT2D eigenvalue weighted by Crippen LogP contribution is -2.51. The quantitative estimate of drug-likeness (QED) is 0.633. The van der Waals surface area contributed by atoms with Gasteiger partial charge in [-0.2, -0.15) is 0 Å². The summed E-state index contributed by atoms with van der Waals surface area (Å²) in [7, 11) is 0. The third-order valence-corrected chi connectivity index (χ3v) is 4.83. The first-order valence-corrected chi connectivity index (χ1v) is 10.1. The molecule has 2 rings (SSSR count). The lowest BCUT2D eigenvalue weighted by atomic mass is 10.1. The number of nitrogens with one attached hydrogen (secondary N) is 1. The molecule has 7 heteroatoms. The number of hydrogen-bond donors (Lipinski definition) is 1. The van der Waals surface area contributed by atoms with Crippen molar-refractivity contribution in [3.63, 3.8) is 0 Å². The molecule has 0 saturated heterocycles. The van der Waals surface area contributed by atoms with E-state index in [0.717, 1.165) is 6.42 Å². The molecule has 5 nitrogen and oxygen atoms in total. The van der Waals surface area contributed by atoms with Crippen LogP contribution in [0.3, 0.4) is 0 Å². The molecule has 0 unspecified atom stereocenters. The number of carbonyl (C=O) groups is 2. The fourth-order valence-electron chi connectivity index (χ4n) is 2.91. The van der Waals surface area contributed by atoms with Crippen LogP contribution in [-0.2, 0) is 16.1 Å². The zero-order chi connectivity index (χ0) is 22.1. The van der Waals surface area contributed by atoms with Gasteiger partial charge in [0.1, 0.15) is 23.4 Å². The van der Waals surface area contributed by atoms with Crippen molar-refractivity contribution in [1.29, 1.82) is 0 Å². The third-order valence-electron chi connectivity index (χ3n) is 4.83. The molecule has 162 valence electrons. The van der Waals surface area contributed by atoms with Crippen LogP contribution < -0.4 is 10.1 Å². The zero-order valence-corrected chi connectivity index (χ0v) is 17.5. The largest absolute Gasteiger partial charge is 0.484 e. The van der Waals surface area contributed by atoms with E-state index in [1.165, 1.54) is 41.3 Å². The molecule has 0 aliphatic carbocycles. The van der Waals surface area contributed by atoms with Crippen molar-refractivity contribution in [2.45, 2.75) is 52.2 Å². The Balaban J connectivity index is 2.19. The van der Waals surface area contributed by atoms with Crippen molar-refractivity contribution in [3.8, 4) is 5.75 Å². The second-order valence-corrected chi connectivity index (χ2v) is 7.13. The van der Waals surface area contributed by atoms with Crippen molar-refractivity contribution in [2.75, 3.05) is 6.61 Å². The minimum atomic E-state index is -0.701. The number of ether oxygens (including phenoxy) is 1. The first-order valence-electron chi connectivity index (χ1n) is 10.1. The van der Waals surface area contributed by atoms with E-state index in [9.17, 15) is 18.4 Å². The molecule has 1 N–H and O–H groups in total. The summed E-state index contributed by atoms with van der Waals surface area (Å²) in [5.74, 6) is -1.07. The van der Waals surface area contributed by atoms with Gasteiger partial charge in [0.15, 0.2) is 6.61 Å². The molecule has 2 amide bonds. The number of hydrogen-bond acceptors (Lipinski definition) is 3. The van der Waals surface area contributed by atoms with Crippen LogP contribution in [0.15, 0.2) is 48.5 Å². The van der Waals surface area contributed by atoms with Crippen LogP contribution in [0.2, 0.25) is 0 Å². The number of nitrogens with zero attached hydrogens (tertiary/aromatic N) is 1. The smallest absolute Gasteiger partial charge is 0.261 e. The predicted octanol–water partition coefficient (Wildman–Crippen LogP) is 4.07.